The molecule has 0 spiro atoms. The van der Waals surface area contributed by atoms with Crippen LogP contribution >= 0.6 is 11.8 Å². The highest BCUT2D eigenvalue weighted by Crippen LogP contribution is 2.41. The Balaban J connectivity index is 1.80. The molecule has 3 rings (SSSR count). The Labute approximate surface area is 351 Å². The van der Waals surface area contributed by atoms with Gasteiger partial charge in [0.15, 0.2) is 0 Å². The van der Waals surface area contributed by atoms with Gasteiger partial charge >= 0.3 is 11.9 Å². The first-order valence-corrected chi connectivity index (χ1v) is 20.6. The van der Waals surface area contributed by atoms with Crippen molar-refractivity contribution in [3.8, 4) is 11.1 Å². The lowest BCUT2D eigenvalue weighted by Crippen LogP contribution is -2.44. The van der Waals surface area contributed by atoms with Crippen molar-refractivity contribution in [1.82, 2.24) is 25.4 Å². The molecule has 0 saturated carbocycles. The van der Waals surface area contributed by atoms with Crippen molar-refractivity contribution in [2.75, 3.05) is 31.1 Å². The summed E-state index contributed by atoms with van der Waals surface area (Å²) in [7, 11) is 0. The second-order valence-electron chi connectivity index (χ2n) is 15.2. The molecular formula is C42H54F2N6O9S. The molecule has 0 radical (unpaired) electrons. The molecule has 1 aromatic heterocycles. The van der Waals surface area contributed by atoms with Crippen molar-refractivity contribution >= 4 is 53.2 Å². The first kappa shape index (κ1) is 48.6. The van der Waals surface area contributed by atoms with Crippen LogP contribution in [-0.2, 0) is 40.1 Å². The van der Waals surface area contributed by atoms with E-state index in [0.717, 1.165) is 23.8 Å². The summed E-state index contributed by atoms with van der Waals surface area (Å²) in [5.74, 6) is -5.93. The molecule has 15 nitrogen and oxygen atoms in total. The second-order valence-corrected chi connectivity index (χ2v) is 16.3. The molecule has 7 N–H and O–H groups in total. The number of carboxylic acid groups (broad SMARTS) is 2. The van der Waals surface area contributed by atoms with Crippen molar-refractivity contribution in [2.45, 2.75) is 84.3 Å². The SMILES string of the molecule is CC(C)(C)[C@H](c1cc(-c2cc(F)ccc2F)cn1Cc1ccccc1)N(CCCNC(=O)CCC(N)=O)C(=O)CSCCC(=O)NCCC(=O)N[C@@H](CCC(=O)O)C(=O)O. The van der Waals surface area contributed by atoms with Gasteiger partial charge < -0.3 is 41.4 Å². The van der Waals surface area contributed by atoms with Gasteiger partial charge in [0.2, 0.25) is 29.5 Å². The number of hydrogen-bond acceptors (Lipinski definition) is 8. The van der Waals surface area contributed by atoms with Crippen molar-refractivity contribution in [3.63, 3.8) is 0 Å². The van der Waals surface area contributed by atoms with Gasteiger partial charge in [-0.2, -0.15) is 11.8 Å². The normalized spacial score (nSPS) is 12.2. The quantitative estimate of drug-likeness (QED) is 0.0665. The van der Waals surface area contributed by atoms with Crippen molar-refractivity contribution in [2.24, 2.45) is 11.1 Å². The summed E-state index contributed by atoms with van der Waals surface area (Å²) < 4.78 is 31.5. The Morgan fingerprint density at radius 1 is 0.850 bits per heavy atom. The minimum atomic E-state index is -1.38. The van der Waals surface area contributed by atoms with Crippen molar-refractivity contribution < 1.29 is 52.6 Å². The van der Waals surface area contributed by atoms with Crippen LogP contribution in [0, 0.1) is 17.0 Å². The van der Waals surface area contributed by atoms with E-state index in [2.05, 4.69) is 16.0 Å². The van der Waals surface area contributed by atoms with Crippen LogP contribution in [-0.4, -0.2) is 98.3 Å². The molecule has 18 heteroatoms. The molecule has 0 saturated heterocycles. The molecule has 0 aliphatic rings. The van der Waals surface area contributed by atoms with Crippen LogP contribution in [0.25, 0.3) is 11.1 Å². The summed E-state index contributed by atoms with van der Waals surface area (Å²) in [6.45, 7) is 6.51. The number of carbonyl (C=O) groups excluding carboxylic acids is 5. The zero-order chi connectivity index (χ0) is 44.4. The zero-order valence-corrected chi connectivity index (χ0v) is 34.8. The second kappa shape index (κ2) is 23.7. The number of hydrogen-bond donors (Lipinski definition) is 6. The van der Waals surface area contributed by atoms with Gasteiger partial charge in [-0.1, -0.05) is 51.1 Å². The Kier molecular flexibility index (Phi) is 19.2. The van der Waals surface area contributed by atoms with E-state index >= 15 is 4.39 Å². The van der Waals surface area contributed by atoms with E-state index in [0.29, 0.717) is 24.2 Å². The van der Waals surface area contributed by atoms with Crippen molar-refractivity contribution in [3.05, 3.63) is 83.7 Å². The first-order valence-electron chi connectivity index (χ1n) is 19.5. The minimum absolute atomic E-state index is 0.00154. The lowest BCUT2D eigenvalue weighted by Gasteiger charge is -2.41. The fourth-order valence-electron chi connectivity index (χ4n) is 6.41. The predicted molar refractivity (Wildman–Crippen MR) is 221 cm³/mol. The van der Waals surface area contributed by atoms with Gasteiger partial charge in [-0.05, 0) is 48.1 Å². The maximum absolute atomic E-state index is 15.2. The molecule has 2 aromatic carbocycles. The summed E-state index contributed by atoms with van der Waals surface area (Å²) >= 11 is 1.21. The third-order valence-corrected chi connectivity index (χ3v) is 10.2. The highest BCUT2D eigenvalue weighted by atomic mass is 32.2. The summed E-state index contributed by atoms with van der Waals surface area (Å²) in [5, 5.41) is 25.6. The van der Waals surface area contributed by atoms with E-state index in [1.54, 1.807) is 17.2 Å². The molecule has 5 amide bonds. The van der Waals surface area contributed by atoms with Crippen LogP contribution in [0.4, 0.5) is 8.78 Å². The summed E-state index contributed by atoms with van der Waals surface area (Å²) in [4.78, 5) is 86.4. The summed E-state index contributed by atoms with van der Waals surface area (Å²) in [6, 6.07) is 12.5. The van der Waals surface area contributed by atoms with E-state index in [9.17, 15) is 43.1 Å². The molecule has 326 valence electrons. The van der Waals surface area contributed by atoms with Gasteiger partial charge in [0.05, 0.1) is 11.8 Å². The van der Waals surface area contributed by atoms with E-state index in [1.807, 2.05) is 55.7 Å². The summed E-state index contributed by atoms with van der Waals surface area (Å²) in [6.07, 6.45) is 0.913. The summed E-state index contributed by atoms with van der Waals surface area (Å²) in [5.41, 5.74) is 6.62. The van der Waals surface area contributed by atoms with Crippen LogP contribution in [0.3, 0.4) is 0 Å². The fraction of sp³-hybridized carbons (Fsp3) is 0.452. The van der Waals surface area contributed by atoms with Crippen LogP contribution < -0.4 is 21.7 Å². The molecular weight excluding hydrogens is 803 g/mol. The van der Waals surface area contributed by atoms with Gasteiger partial charge in [-0.15, -0.1) is 0 Å². The molecule has 0 fully saturated rings. The Hall–Kier alpha value is -5.78. The minimum Gasteiger partial charge on any atom is -0.481 e. The van der Waals surface area contributed by atoms with Crippen molar-refractivity contribution in [1.29, 1.82) is 0 Å². The number of benzene rings is 2. The Bertz CT molecular complexity index is 1970. The van der Waals surface area contributed by atoms with Gasteiger partial charge in [-0.3, -0.25) is 28.8 Å². The Morgan fingerprint density at radius 2 is 1.53 bits per heavy atom. The highest BCUT2D eigenvalue weighted by Gasteiger charge is 2.37. The lowest BCUT2D eigenvalue weighted by molar-refractivity contribution is -0.143. The number of primary amides is 1. The van der Waals surface area contributed by atoms with E-state index in [4.69, 9.17) is 10.8 Å². The number of nitrogens with one attached hydrogen (secondary N) is 3. The van der Waals surface area contributed by atoms with Gasteiger partial charge in [-0.25, -0.2) is 13.6 Å². The highest BCUT2D eigenvalue weighted by molar-refractivity contribution is 7.99. The number of aromatic nitrogens is 1. The van der Waals surface area contributed by atoms with Crippen LogP contribution in [0.2, 0.25) is 0 Å². The molecule has 2 atom stereocenters. The average molecular weight is 857 g/mol. The standard InChI is InChI=1S/C42H54F2N6O9S/c1-42(2,3)40(33-22-28(30-23-29(43)10-11-31(30)44)25-49(33)24-27-8-5-4-6-9-27)50(20-7-18-46-35(52)14-13-34(45)51)38(55)26-60-21-17-36(53)47-19-16-37(54)48-32(41(58)59)12-15-39(56)57/h4-6,8-11,22-23,25,32,40H,7,12-21,24,26H2,1-3H3,(H2,45,51)(H,46,52)(H,47,53)(H,48,54)(H,56,57)(H,58,59)/t32-,40-/m0/s1. The fourth-order valence-corrected chi connectivity index (χ4v) is 7.23. The molecule has 1 heterocycles. The maximum Gasteiger partial charge on any atom is 0.326 e. The van der Waals surface area contributed by atoms with E-state index < -0.39 is 65.2 Å². The third-order valence-electron chi connectivity index (χ3n) is 9.25. The number of carbonyl (C=O) groups is 7. The maximum atomic E-state index is 15.2. The first-order chi connectivity index (χ1) is 28.3. The molecule has 60 heavy (non-hydrogen) atoms. The lowest BCUT2D eigenvalue weighted by atomic mass is 9.83. The molecule has 0 aliphatic carbocycles. The molecule has 0 unspecified atom stereocenters. The smallest absolute Gasteiger partial charge is 0.326 e. The van der Waals surface area contributed by atoms with E-state index in [1.165, 1.54) is 11.8 Å². The third kappa shape index (κ3) is 16.5. The number of aliphatic carboxylic acids is 2. The predicted octanol–water partition coefficient (Wildman–Crippen LogP) is 4.23. The number of carboxylic acids is 2. The largest absolute Gasteiger partial charge is 0.481 e. The Morgan fingerprint density at radius 3 is 2.18 bits per heavy atom. The number of nitrogens with two attached hydrogens (primary N) is 1. The number of thioether (sulfide) groups is 1. The number of nitrogens with zero attached hydrogens (tertiary/aromatic N) is 2. The monoisotopic (exact) mass is 856 g/mol. The zero-order valence-electron chi connectivity index (χ0n) is 34.0. The van der Waals surface area contributed by atoms with E-state index in [-0.39, 0.29) is 80.6 Å². The van der Waals surface area contributed by atoms with Gasteiger partial charge in [0.1, 0.15) is 17.7 Å². The number of amides is 5. The topological polar surface area (TPSA) is 230 Å². The number of halogens is 2. The van der Waals surface area contributed by atoms with Crippen LogP contribution in [0.15, 0.2) is 60.8 Å². The van der Waals surface area contributed by atoms with Crippen LogP contribution in [0.1, 0.15) is 83.0 Å². The molecule has 0 bridgehead atoms. The molecule has 3 aromatic rings. The molecule has 0 aliphatic heterocycles. The van der Waals surface area contributed by atoms with Gasteiger partial charge in [0, 0.05) is 87.1 Å². The van der Waals surface area contributed by atoms with Crippen LogP contribution in [0.5, 0.6) is 0 Å². The number of rotatable bonds is 25. The average Bonchev–Trinajstić information content (AvgIpc) is 3.57. The van der Waals surface area contributed by atoms with Gasteiger partial charge in [0.25, 0.3) is 0 Å².